The lowest BCUT2D eigenvalue weighted by Crippen LogP contribution is -2.31. The molecule has 0 bridgehead atoms. The summed E-state index contributed by atoms with van der Waals surface area (Å²) < 4.78 is 0. The Labute approximate surface area is 190 Å². The van der Waals surface area contributed by atoms with Crippen LogP contribution in [0.5, 0.6) is 0 Å². The summed E-state index contributed by atoms with van der Waals surface area (Å²) in [6.07, 6.45) is 0. The van der Waals surface area contributed by atoms with Crippen LogP contribution in [-0.2, 0) is 0 Å². The molecule has 0 fully saturated rings. The first kappa shape index (κ1) is 18.0. The number of hydrogen-bond donors (Lipinski definition) is 0. The van der Waals surface area contributed by atoms with Gasteiger partial charge < -0.3 is 0 Å². The molecule has 0 unspecified atom stereocenters. The van der Waals surface area contributed by atoms with Gasteiger partial charge in [0, 0.05) is 35.8 Å². The zero-order valence-corrected chi connectivity index (χ0v) is 19.0. The molecule has 3 heterocycles. The minimum Gasteiger partial charge on any atom is -0.248 e. The predicted molar refractivity (Wildman–Crippen MR) is 134 cm³/mol. The van der Waals surface area contributed by atoms with Crippen molar-refractivity contribution in [1.29, 1.82) is 0 Å². The number of rotatable bonds is 1. The van der Waals surface area contributed by atoms with Gasteiger partial charge in [-0.2, -0.15) is 0 Å². The number of pyridine rings is 1. The lowest BCUT2D eigenvalue weighted by atomic mass is 10.1. The first-order chi connectivity index (χ1) is 15.3. The number of para-hydroxylation sites is 1. The molecule has 146 valence electrons. The first-order valence-electron chi connectivity index (χ1n) is 10.2. The average Bonchev–Trinajstić information content (AvgIpc) is 2.83. The van der Waals surface area contributed by atoms with Crippen LogP contribution in [0.4, 0.5) is 0 Å². The number of nitrogens with zero attached hydrogens (tertiary/aromatic N) is 1. The van der Waals surface area contributed by atoms with Crippen molar-refractivity contribution in [3.05, 3.63) is 97.1 Å². The third kappa shape index (κ3) is 2.81. The van der Waals surface area contributed by atoms with E-state index >= 15 is 0 Å². The fraction of sp³-hybridized carbons (Fsp3) is 0. The molecule has 0 atom stereocenters. The molecule has 0 spiro atoms. The minimum atomic E-state index is -0.523. The molecule has 1 aromatic heterocycles. The monoisotopic (exact) mass is 449 g/mol. The van der Waals surface area contributed by atoms with Crippen LogP contribution in [0.1, 0.15) is 0 Å². The van der Waals surface area contributed by atoms with Crippen molar-refractivity contribution < 1.29 is 0 Å². The summed E-state index contributed by atoms with van der Waals surface area (Å²) in [5.41, 5.74) is 3.29. The maximum absolute atomic E-state index is 4.98. The van der Waals surface area contributed by atoms with Gasteiger partial charge in [-0.3, -0.25) is 0 Å². The van der Waals surface area contributed by atoms with E-state index in [1.165, 1.54) is 46.4 Å². The Bertz CT molecular complexity index is 1440. The quantitative estimate of drug-likeness (QED) is 0.263. The summed E-state index contributed by atoms with van der Waals surface area (Å²) in [5.74, 6) is 0. The maximum Gasteiger partial charge on any atom is 0.0710 e. The van der Waals surface area contributed by atoms with E-state index in [9.17, 15) is 0 Å². The molecular weight excluding hydrogens is 433 g/mol. The molecular formula is C27H16NPS2. The van der Waals surface area contributed by atoms with Gasteiger partial charge in [-0.25, -0.2) is 4.98 Å². The van der Waals surface area contributed by atoms with Gasteiger partial charge in [-0.1, -0.05) is 84.2 Å². The van der Waals surface area contributed by atoms with Crippen LogP contribution in [-0.4, -0.2) is 4.98 Å². The fourth-order valence-electron chi connectivity index (χ4n) is 4.40. The van der Waals surface area contributed by atoms with E-state index in [0.29, 0.717) is 0 Å². The Kier molecular flexibility index (Phi) is 4.05. The Morgan fingerprint density at radius 3 is 1.90 bits per heavy atom. The molecule has 4 aromatic carbocycles. The lowest BCUT2D eigenvalue weighted by molar-refractivity contribution is 1.32. The molecule has 7 rings (SSSR count). The Hall–Kier alpha value is -2.58. The maximum atomic E-state index is 4.98. The second kappa shape index (κ2) is 6.97. The largest absolute Gasteiger partial charge is 0.248 e. The van der Waals surface area contributed by atoms with E-state index in [1.54, 1.807) is 0 Å². The molecule has 0 N–H and O–H groups in total. The van der Waals surface area contributed by atoms with Crippen LogP contribution >= 0.6 is 31.4 Å². The molecule has 2 aliphatic rings. The average molecular weight is 450 g/mol. The highest BCUT2D eigenvalue weighted by molar-refractivity contribution is 8.04. The van der Waals surface area contributed by atoms with Crippen molar-refractivity contribution in [1.82, 2.24) is 4.98 Å². The van der Waals surface area contributed by atoms with Crippen LogP contribution in [0.25, 0.3) is 22.2 Å². The van der Waals surface area contributed by atoms with E-state index in [0.717, 1.165) is 11.2 Å². The van der Waals surface area contributed by atoms with Gasteiger partial charge in [0.1, 0.15) is 0 Å². The predicted octanol–water partition coefficient (Wildman–Crippen LogP) is 6.59. The molecule has 0 aliphatic carbocycles. The number of fused-ring (bicyclic) bond motifs is 5. The summed E-state index contributed by atoms with van der Waals surface area (Å²) in [5, 5.41) is 5.67. The number of aromatic nitrogens is 1. The fourth-order valence-corrected chi connectivity index (χ4v) is 10.4. The molecule has 4 heteroatoms. The van der Waals surface area contributed by atoms with E-state index < -0.39 is 7.92 Å². The van der Waals surface area contributed by atoms with Gasteiger partial charge in [-0.15, -0.1) is 0 Å². The van der Waals surface area contributed by atoms with E-state index in [4.69, 9.17) is 4.98 Å². The molecule has 0 saturated heterocycles. The molecule has 2 aliphatic heterocycles. The first-order valence-corrected chi connectivity index (χ1v) is 13.2. The zero-order chi connectivity index (χ0) is 20.4. The van der Waals surface area contributed by atoms with Crippen LogP contribution in [0.3, 0.4) is 0 Å². The molecule has 5 aromatic rings. The second-order valence-corrected chi connectivity index (χ2v) is 11.9. The smallest absolute Gasteiger partial charge is 0.0710 e. The van der Waals surface area contributed by atoms with Gasteiger partial charge in [0.25, 0.3) is 0 Å². The third-order valence-corrected chi connectivity index (χ3v) is 11.3. The van der Waals surface area contributed by atoms with Crippen LogP contribution < -0.4 is 15.9 Å². The Morgan fingerprint density at radius 2 is 1.19 bits per heavy atom. The van der Waals surface area contributed by atoms with Crippen molar-refractivity contribution in [2.24, 2.45) is 0 Å². The number of hydrogen-bond acceptors (Lipinski definition) is 3. The summed E-state index contributed by atoms with van der Waals surface area (Å²) in [7, 11) is -0.523. The van der Waals surface area contributed by atoms with Gasteiger partial charge in [-0.05, 0) is 54.9 Å². The Morgan fingerprint density at radius 1 is 0.581 bits per heavy atom. The Balaban J connectivity index is 1.47. The minimum absolute atomic E-state index is 0.523. The summed E-state index contributed by atoms with van der Waals surface area (Å²) in [6.45, 7) is 0. The van der Waals surface area contributed by atoms with Crippen molar-refractivity contribution in [2.45, 2.75) is 19.6 Å². The van der Waals surface area contributed by atoms with Crippen LogP contribution in [0.15, 0.2) is 117 Å². The third-order valence-electron chi connectivity index (χ3n) is 5.81. The van der Waals surface area contributed by atoms with E-state index in [-0.39, 0.29) is 0 Å². The van der Waals surface area contributed by atoms with Crippen molar-refractivity contribution in [2.75, 3.05) is 0 Å². The summed E-state index contributed by atoms with van der Waals surface area (Å²) >= 11 is 3.82. The highest BCUT2D eigenvalue weighted by Crippen LogP contribution is 2.54. The molecule has 1 nitrogen and oxygen atoms in total. The zero-order valence-electron chi connectivity index (χ0n) is 16.4. The standard InChI is InChI=1S/C27H16NPS2/c1-2-8-19-17(7-1)13-14-20(28-19)18-15-25-27-26(16-18)31-24-12-6-4-10-22(24)29(27)21-9-3-5-11-23(21)30-25/h1-16H. The highest BCUT2D eigenvalue weighted by atomic mass is 32.2. The second-order valence-electron chi connectivity index (χ2n) is 7.69. The molecule has 0 saturated carbocycles. The molecule has 31 heavy (non-hydrogen) atoms. The van der Waals surface area contributed by atoms with Gasteiger partial charge in [0.05, 0.1) is 11.2 Å². The van der Waals surface area contributed by atoms with E-state index in [1.807, 2.05) is 23.5 Å². The van der Waals surface area contributed by atoms with E-state index in [2.05, 4.69) is 97.1 Å². The van der Waals surface area contributed by atoms with Crippen LogP contribution in [0, 0.1) is 0 Å². The van der Waals surface area contributed by atoms with Gasteiger partial charge in [0.2, 0.25) is 0 Å². The summed E-state index contributed by atoms with van der Waals surface area (Å²) in [4.78, 5) is 10.5. The van der Waals surface area contributed by atoms with Crippen molar-refractivity contribution >= 4 is 58.3 Å². The van der Waals surface area contributed by atoms with Gasteiger partial charge >= 0.3 is 0 Å². The SMILES string of the molecule is c1ccc2c(c1)Sc1cc(-c3ccc4ccccc4n3)cc3c1P2c1ccccc1S3. The topological polar surface area (TPSA) is 12.9 Å². The van der Waals surface area contributed by atoms with Crippen molar-refractivity contribution in [3.63, 3.8) is 0 Å². The van der Waals surface area contributed by atoms with Crippen molar-refractivity contribution in [3.8, 4) is 11.3 Å². The number of benzene rings is 4. The van der Waals surface area contributed by atoms with Crippen LogP contribution in [0.2, 0.25) is 0 Å². The van der Waals surface area contributed by atoms with Gasteiger partial charge in [0.15, 0.2) is 0 Å². The molecule has 0 amide bonds. The normalized spacial score (nSPS) is 14.1. The highest BCUT2D eigenvalue weighted by Gasteiger charge is 2.35. The summed E-state index contributed by atoms with van der Waals surface area (Å²) in [6, 6.07) is 35.3. The lowest BCUT2D eigenvalue weighted by Gasteiger charge is -2.35. The molecule has 0 radical (unpaired) electrons.